The Hall–Kier alpha value is -1.11. The third-order valence-corrected chi connectivity index (χ3v) is 6.59. The molecular weight excluding hydrogens is 286 g/mol. The molecule has 2 atom stereocenters. The fraction of sp³-hybridized carbons (Fsp3) is 0.600. The number of nitrogens with zero attached hydrogens (tertiary/aromatic N) is 1. The van der Waals surface area contributed by atoms with Crippen molar-refractivity contribution in [2.75, 3.05) is 12.0 Å². The largest absolute Gasteiger partial charge is 0.324 e. The molecule has 0 saturated carbocycles. The summed E-state index contributed by atoms with van der Waals surface area (Å²) in [5.41, 5.74) is 4.76. The van der Waals surface area contributed by atoms with Crippen LogP contribution < -0.4 is 11.3 Å². The van der Waals surface area contributed by atoms with Crippen LogP contribution in [0.4, 0.5) is 5.69 Å². The SMILES string of the molecule is Cc1cc(NN)cc(C)c1S(=O)(=O)N1CCC(C)CC1C. The van der Waals surface area contributed by atoms with Crippen molar-refractivity contribution in [3.63, 3.8) is 0 Å². The molecule has 1 aromatic carbocycles. The molecule has 21 heavy (non-hydrogen) atoms. The Labute approximate surface area is 127 Å². The zero-order chi connectivity index (χ0) is 15.8. The minimum absolute atomic E-state index is 0.0462. The second kappa shape index (κ2) is 5.94. The normalized spacial score (nSPS) is 24.0. The molecule has 0 spiro atoms. The van der Waals surface area contributed by atoms with Gasteiger partial charge in [-0.25, -0.2) is 8.42 Å². The van der Waals surface area contributed by atoms with Gasteiger partial charge in [0.25, 0.3) is 0 Å². The van der Waals surface area contributed by atoms with Gasteiger partial charge in [-0.05, 0) is 62.8 Å². The first kappa shape index (κ1) is 16.3. The third-order valence-electron chi connectivity index (χ3n) is 4.27. The molecule has 0 bridgehead atoms. The average molecular weight is 311 g/mol. The lowest BCUT2D eigenvalue weighted by molar-refractivity contribution is 0.220. The van der Waals surface area contributed by atoms with Crippen molar-refractivity contribution in [1.29, 1.82) is 0 Å². The molecule has 5 nitrogen and oxygen atoms in total. The van der Waals surface area contributed by atoms with E-state index in [2.05, 4.69) is 12.3 Å². The molecule has 6 heteroatoms. The molecule has 118 valence electrons. The van der Waals surface area contributed by atoms with E-state index >= 15 is 0 Å². The predicted molar refractivity (Wildman–Crippen MR) is 85.5 cm³/mol. The zero-order valence-electron chi connectivity index (χ0n) is 13.2. The summed E-state index contributed by atoms with van der Waals surface area (Å²) in [5.74, 6) is 6.00. The first-order valence-electron chi connectivity index (χ1n) is 7.37. The van der Waals surface area contributed by atoms with Gasteiger partial charge >= 0.3 is 0 Å². The Bertz CT molecular complexity index is 605. The van der Waals surface area contributed by atoms with Crippen LogP contribution in [0.1, 0.15) is 37.8 Å². The molecule has 1 fully saturated rings. The maximum absolute atomic E-state index is 13.0. The highest BCUT2D eigenvalue weighted by Crippen LogP contribution is 2.32. The fourth-order valence-corrected chi connectivity index (χ4v) is 5.37. The fourth-order valence-electron chi connectivity index (χ4n) is 3.30. The van der Waals surface area contributed by atoms with Crippen LogP contribution >= 0.6 is 0 Å². The molecule has 1 aliphatic heterocycles. The maximum Gasteiger partial charge on any atom is 0.243 e. The quantitative estimate of drug-likeness (QED) is 0.664. The molecule has 2 unspecified atom stereocenters. The van der Waals surface area contributed by atoms with E-state index in [-0.39, 0.29) is 6.04 Å². The van der Waals surface area contributed by atoms with Crippen molar-refractivity contribution < 1.29 is 8.42 Å². The lowest BCUT2D eigenvalue weighted by atomic mass is 9.95. The molecule has 0 aliphatic carbocycles. The van der Waals surface area contributed by atoms with Crippen molar-refractivity contribution in [1.82, 2.24) is 4.31 Å². The van der Waals surface area contributed by atoms with Gasteiger partial charge in [-0.2, -0.15) is 4.31 Å². The third kappa shape index (κ3) is 3.07. The van der Waals surface area contributed by atoms with E-state index in [1.165, 1.54) is 0 Å². The minimum atomic E-state index is -3.46. The highest BCUT2D eigenvalue weighted by atomic mass is 32.2. The van der Waals surface area contributed by atoms with Crippen LogP contribution in [-0.4, -0.2) is 25.3 Å². The van der Waals surface area contributed by atoms with Crippen molar-refractivity contribution in [2.45, 2.75) is 51.5 Å². The van der Waals surface area contributed by atoms with Crippen LogP contribution in [0.15, 0.2) is 17.0 Å². The minimum Gasteiger partial charge on any atom is -0.324 e. The summed E-state index contributed by atoms with van der Waals surface area (Å²) in [7, 11) is -3.46. The van der Waals surface area contributed by atoms with E-state index in [0.29, 0.717) is 17.4 Å². The monoisotopic (exact) mass is 311 g/mol. The lowest BCUT2D eigenvalue weighted by Crippen LogP contribution is -2.44. The van der Waals surface area contributed by atoms with Crippen molar-refractivity contribution in [3.8, 4) is 0 Å². The van der Waals surface area contributed by atoms with Crippen LogP contribution in [0, 0.1) is 19.8 Å². The topological polar surface area (TPSA) is 75.4 Å². The second-order valence-corrected chi connectivity index (χ2v) is 8.01. The van der Waals surface area contributed by atoms with Gasteiger partial charge in [-0.15, -0.1) is 0 Å². The van der Waals surface area contributed by atoms with Crippen LogP contribution in [0.3, 0.4) is 0 Å². The summed E-state index contributed by atoms with van der Waals surface area (Å²) in [5, 5.41) is 0. The Balaban J connectivity index is 2.45. The Morgan fingerprint density at radius 2 is 1.81 bits per heavy atom. The maximum atomic E-state index is 13.0. The van der Waals surface area contributed by atoms with Crippen molar-refractivity contribution in [3.05, 3.63) is 23.3 Å². The standard InChI is InChI=1S/C15H25N3O2S/c1-10-5-6-18(13(4)7-10)21(19,20)15-11(2)8-14(17-16)9-12(15)3/h8-10,13,17H,5-7,16H2,1-4H3. The number of hydrogen-bond donors (Lipinski definition) is 2. The number of sulfonamides is 1. The number of anilines is 1. The average Bonchev–Trinajstić information content (AvgIpc) is 2.36. The van der Waals surface area contributed by atoms with Crippen LogP contribution in [0.25, 0.3) is 0 Å². The van der Waals surface area contributed by atoms with Gasteiger partial charge in [0.1, 0.15) is 0 Å². The van der Waals surface area contributed by atoms with Gasteiger partial charge in [-0.3, -0.25) is 5.84 Å². The molecule has 1 heterocycles. The molecule has 2 rings (SSSR count). The highest BCUT2D eigenvalue weighted by molar-refractivity contribution is 7.89. The number of aryl methyl sites for hydroxylation is 2. The summed E-state index contributed by atoms with van der Waals surface area (Å²) in [6.45, 7) is 8.41. The number of hydrogen-bond acceptors (Lipinski definition) is 4. The van der Waals surface area contributed by atoms with E-state index in [0.717, 1.165) is 29.7 Å². The smallest absolute Gasteiger partial charge is 0.243 e. The van der Waals surface area contributed by atoms with Crippen LogP contribution in [0.5, 0.6) is 0 Å². The molecular formula is C15H25N3O2S. The first-order chi connectivity index (χ1) is 9.77. The predicted octanol–water partition coefficient (Wildman–Crippen LogP) is 2.40. The zero-order valence-corrected chi connectivity index (χ0v) is 14.0. The van der Waals surface area contributed by atoms with Gasteiger partial charge in [-0.1, -0.05) is 6.92 Å². The molecule has 1 aromatic rings. The van der Waals surface area contributed by atoms with E-state index in [4.69, 9.17) is 5.84 Å². The van der Waals surface area contributed by atoms with E-state index in [1.54, 1.807) is 16.4 Å². The van der Waals surface area contributed by atoms with Crippen LogP contribution in [0.2, 0.25) is 0 Å². The summed E-state index contributed by atoms with van der Waals surface area (Å²) < 4.78 is 27.7. The summed E-state index contributed by atoms with van der Waals surface area (Å²) in [4.78, 5) is 0.419. The number of nitrogens with one attached hydrogen (secondary N) is 1. The van der Waals surface area contributed by atoms with Crippen molar-refractivity contribution >= 4 is 15.7 Å². The van der Waals surface area contributed by atoms with E-state index in [1.807, 2.05) is 20.8 Å². The molecule has 0 aromatic heterocycles. The summed E-state index contributed by atoms with van der Waals surface area (Å²) in [6.07, 6.45) is 1.84. The molecule has 0 amide bonds. The second-order valence-electron chi connectivity index (χ2n) is 6.18. The number of rotatable bonds is 3. The lowest BCUT2D eigenvalue weighted by Gasteiger charge is -2.36. The molecule has 1 aliphatic rings. The Morgan fingerprint density at radius 1 is 1.24 bits per heavy atom. The van der Waals surface area contributed by atoms with Crippen LogP contribution in [-0.2, 0) is 10.0 Å². The molecule has 3 N–H and O–H groups in total. The molecule has 1 saturated heterocycles. The number of hydrazine groups is 1. The van der Waals surface area contributed by atoms with E-state index in [9.17, 15) is 8.42 Å². The Kier molecular flexibility index (Phi) is 4.60. The van der Waals surface area contributed by atoms with Gasteiger partial charge in [0.05, 0.1) is 4.90 Å². The van der Waals surface area contributed by atoms with Gasteiger partial charge < -0.3 is 5.43 Å². The number of nitrogen functional groups attached to an aromatic ring is 1. The first-order valence-corrected chi connectivity index (χ1v) is 8.81. The molecule has 0 radical (unpaired) electrons. The number of nitrogens with two attached hydrogens (primary N) is 1. The van der Waals surface area contributed by atoms with Gasteiger partial charge in [0.2, 0.25) is 10.0 Å². The number of piperidine rings is 1. The van der Waals surface area contributed by atoms with E-state index < -0.39 is 10.0 Å². The van der Waals surface area contributed by atoms with Gasteiger partial charge in [0.15, 0.2) is 0 Å². The Morgan fingerprint density at radius 3 is 2.29 bits per heavy atom. The highest BCUT2D eigenvalue weighted by Gasteiger charge is 2.34. The van der Waals surface area contributed by atoms with Gasteiger partial charge in [0, 0.05) is 18.3 Å². The summed E-state index contributed by atoms with van der Waals surface area (Å²) in [6, 6.07) is 3.60. The summed E-state index contributed by atoms with van der Waals surface area (Å²) >= 11 is 0. The van der Waals surface area contributed by atoms with Crippen molar-refractivity contribution in [2.24, 2.45) is 11.8 Å². The number of benzene rings is 1.